The third-order valence-corrected chi connectivity index (χ3v) is 5.12. The Bertz CT molecular complexity index is 1580. The van der Waals surface area contributed by atoms with Crippen LogP contribution in [0.25, 0.3) is 11.1 Å². The summed E-state index contributed by atoms with van der Waals surface area (Å²) >= 11 is 0. The van der Waals surface area contributed by atoms with Crippen LogP contribution in [0.15, 0.2) is 64.3 Å². The molecule has 2 aromatic heterocycles. The van der Waals surface area contributed by atoms with Gasteiger partial charge in [0.1, 0.15) is 17.1 Å². The van der Waals surface area contributed by atoms with Gasteiger partial charge in [-0.1, -0.05) is 12.1 Å². The zero-order valence-electron chi connectivity index (χ0n) is 17.9. The minimum atomic E-state index is -4.93. The normalized spacial score (nSPS) is 11.3. The lowest BCUT2D eigenvalue weighted by molar-refractivity contribution is -0.138. The molecule has 0 saturated carbocycles. The molecule has 178 valence electrons. The van der Waals surface area contributed by atoms with Crippen molar-refractivity contribution in [3.8, 4) is 28.7 Å². The van der Waals surface area contributed by atoms with E-state index in [1.807, 2.05) is 6.07 Å². The van der Waals surface area contributed by atoms with Gasteiger partial charge in [0.05, 0.1) is 18.2 Å². The van der Waals surface area contributed by atoms with E-state index in [2.05, 4.69) is 10.2 Å². The molecule has 0 bridgehead atoms. The topological polar surface area (TPSA) is 106 Å². The number of rotatable bonds is 5. The molecule has 0 unspecified atom stereocenters. The van der Waals surface area contributed by atoms with Gasteiger partial charge in [-0.05, 0) is 47.5 Å². The lowest BCUT2D eigenvalue weighted by Gasteiger charge is -2.16. The van der Waals surface area contributed by atoms with Gasteiger partial charge in [-0.25, -0.2) is 14.3 Å². The lowest BCUT2D eigenvalue weighted by Crippen LogP contribution is -2.26. The van der Waals surface area contributed by atoms with Gasteiger partial charge in [0.25, 0.3) is 5.56 Å². The summed E-state index contributed by atoms with van der Waals surface area (Å²) in [5.74, 6) is -1.70. The molecule has 2 aromatic carbocycles. The number of benzene rings is 2. The summed E-state index contributed by atoms with van der Waals surface area (Å²) in [4.78, 5) is 24.6. The average molecular weight is 485 g/mol. The molecule has 0 atom stereocenters. The van der Waals surface area contributed by atoms with E-state index in [9.17, 15) is 32.4 Å². The summed E-state index contributed by atoms with van der Waals surface area (Å²) in [6.45, 7) is -0.310. The highest BCUT2D eigenvalue weighted by Crippen LogP contribution is 2.37. The van der Waals surface area contributed by atoms with E-state index < -0.39 is 34.6 Å². The summed E-state index contributed by atoms with van der Waals surface area (Å²) in [5, 5.41) is 15.3. The highest BCUT2D eigenvalue weighted by atomic mass is 19.4. The molecule has 0 aliphatic heterocycles. The number of hydrogen-bond donors (Lipinski definition) is 1. The van der Waals surface area contributed by atoms with Gasteiger partial charge in [0, 0.05) is 13.2 Å². The number of ether oxygens (including phenoxy) is 1. The van der Waals surface area contributed by atoms with E-state index >= 15 is 0 Å². The maximum absolute atomic E-state index is 13.7. The third kappa shape index (κ3) is 4.84. The second-order valence-corrected chi connectivity index (χ2v) is 7.46. The molecule has 4 rings (SSSR count). The van der Waals surface area contributed by atoms with Crippen LogP contribution in [0.1, 0.15) is 17.0 Å². The summed E-state index contributed by atoms with van der Waals surface area (Å²) in [6.07, 6.45) is -4.01. The zero-order chi connectivity index (χ0) is 25.3. The Kier molecular flexibility index (Phi) is 6.00. The number of alkyl halides is 3. The summed E-state index contributed by atoms with van der Waals surface area (Å²) in [5.41, 5.74) is -2.34. The van der Waals surface area contributed by atoms with Crippen LogP contribution in [-0.4, -0.2) is 19.3 Å². The minimum Gasteiger partial charge on any atom is -0.451 e. The molecular weight excluding hydrogens is 470 g/mol. The smallest absolute Gasteiger partial charge is 0.420 e. The second kappa shape index (κ2) is 8.94. The highest BCUT2D eigenvalue weighted by molar-refractivity contribution is 5.67. The van der Waals surface area contributed by atoms with Crippen molar-refractivity contribution in [3.05, 3.63) is 98.3 Å². The molecule has 0 aliphatic carbocycles. The maximum atomic E-state index is 13.7. The van der Waals surface area contributed by atoms with E-state index in [0.29, 0.717) is 17.2 Å². The SMILES string of the molecule is Cn1c(Cn2ccc(C(F)(F)F)c(Oc3cc(C#N)cc(-c4cccc(F)c4)c3)c2=O)n[nH]c1=O. The lowest BCUT2D eigenvalue weighted by atomic mass is 10.0. The number of H-pyrrole nitrogens is 1. The van der Waals surface area contributed by atoms with E-state index in [-0.39, 0.29) is 23.7 Å². The van der Waals surface area contributed by atoms with Crippen LogP contribution in [0.2, 0.25) is 0 Å². The Morgan fingerprint density at radius 1 is 1.11 bits per heavy atom. The highest BCUT2D eigenvalue weighted by Gasteiger charge is 2.36. The Morgan fingerprint density at radius 3 is 2.51 bits per heavy atom. The number of hydrogen-bond acceptors (Lipinski definition) is 5. The van der Waals surface area contributed by atoms with Gasteiger partial charge >= 0.3 is 11.9 Å². The average Bonchev–Trinajstić information content (AvgIpc) is 3.12. The van der Waals surface area contributed by atoms with Crippen molar-refractivity contribution in [1.29, 1.82) is 5.26 Å². The first-order chi connectivity index (χ1) is 16.6. The van der Waals surface area contributed by atoms with Crippen LogP contribution < -0.4 is 16.0 Å². The van der Waals surface area contributed by atoms with Gasteiger partial charge < -0.3 is 9.30 Å². The van der Waals surface area contributed by atoms with Crippen molar-refractivity contribution in [2.45, 2.75) is 12.7 Å². The largest absolute Gasteiger partial charge is 0.451 e. The molecule has 0 spiro atoms. The summed E-state index contributed by atoms with van der Waals surface area (Å²) < 4.78 is 62.2. The first-order valence-corrected chi connectivity index (χ1v) is 9.96. The predicted octanol–water partition coefficient (Wildman–Crippen LogP) is 3.81. The number of aromatic amines is 1. The first kappa shape index (κ1) is 23.5. The fourth-order valence-corrected chi connectivity index (χ4v) is 3.35. The zero-order valence-corrected chi connectivity index (χ0v) is 17.9. The first-order valence-electron chi connectivity index (χ1n) is 9.96. The van der Waals surface area contributed by atoms with Crippen molar-refractivity contribution in [1.82, 2.24) is 19.3 Å². The van der Waals surface area contributed by atoms with E-state index in [1.165, 1.54) is 37.4 Å². The number of nitriles is 1. The summed E-state index contributed by atoms with van der Waals surface area (Å²) in [7, 11) is 1.38. The third-order valence-electron chi connectivity index (χ3n) is 5.12. The molecule has 0 amide bonds. The molecule has 8 nitrogen and oxygen atoms in total. The number of nitrogens with zero attached hydrogens (tertiary/aromatic N) is 4. The Hall–Kier alpha value is -4.66. The van der Waals surface area contributed by atoms with Gasteiger partial charge in [0.15, 0.2) is 5.82 Å². The molecule has 35 heavy (non-hydrogen) atoms. The van der Waals surface area contributed by atoms with E-state index in [4.69, 9.17) is 4.74 Å². The van der Waals surface area contributed by atoms with Crippen LogP contribution in [0.3, 0.4) is 0 Å². The van der Waals surface area contributed by atoms with Crippen LogP contribution >= 0.6 is 0 Å². The number of nitrogens with one attached hydrogen (secondary N) is 1. The van der Waals surface area contributed by atoms with Crippen molar-refractivity contribution in [2.75, 3.05) is 0 Å². The fraction of sp³-hybridized carbons (Fsp3) is 0.130. The van der Waals surface area contributed by atoms with E-state index in [1.54, 1.807) is 6.07 Å². The van der Waals surface area contributed by atoms with E-state index in [0.717, 1.165) is 21.4 Å². The van der Waals surface area contributed by atoms with Gasteiger partial charge in [-0.2, -0.15) is 23.5 Å². The molecular formula is C23H15F4N5O3. The van der Waals surface area contributed by atoms with Crippen LogP contribution in [0, 0.1) is 17.1 Å². The molecule has 12 heteroatoms. The Morgan fingerprint density at radius 2 is 1.89 bits per heavy atom. The Labute approximate surface area is 194 Å². The monoisotopic (exact) mass is 485 g/mol. The second-order valence-electron chi connectivity index (χ2n) is 7.46. The Balaban J connectivity index is 1.82. The fourth-order valence-electron chi connectivity index (χ4n) is 3.35. The molecule has 1 N–H and O–H groups in total. The number of halogens is 4. The minimum absolute atomic E-state index is 0.0260. The molecule has 4 aromatic rings. The molecule has 0 radical (unpaired) electrons. The van der Waals surface area contributed by atoms with Crippen molar-refractivity contribution in [2.24, 2.45) is 7.05 Å². The molecule has 0 fully saturated rings. The number of pyridine rings is 1. The molecule has 0 saturated heterocycles. The summed E-state index contributed by atoms with van der Waals surface area (Å²) in [6, 6.07) is 11.8. The quantitative estimate of drug-likeness (QED) is 0.433. The van der Waals surface area contributed by atoms with Crippen LogP contribution in [-0.2, 0) is 19.8 Å². The number of aromatic nitrogens is 4. The van der Waals surface area contributed by atoms with Crippen LogP contribution in [0.5, 0.6) is 11.5 Å². The standard InChI is InChI=1S/C23H15F4N5O3/c1-31-19(29-30-22(31)34)12-32-6-5-18(23(25,26)27)20(21(32)33)35-17-8-13(11-28)7-15(10-17)14-3-2-4-16(24)9-14/h2-10H,12H2,1H3,(H,30,34). The predicted molar refractivity (Wildman–Crippen MR) is 115 cm³/mol. The van der Waals surface area contributed by atoms with Crippen LogP contribution in [0.4, 0.5) is 17.6 Å². The van der Waals surface area contributed by atoms with Crippen molar-refractivity contribution in [3.63, 3.8) is 0 Å². The molecule has 0 aliphatic rings. The van der Waals surface area contributed by atoms with Gasteiger partial charge in [0.2, 0.25) is 5.75 Å². The maximum Gasteiger partial charge on any atom is 0.420 e. The van der Waals surface area contributed by atoms with Gasteiger partial charge in [-0.3, -0.25) is 9.36 Å². The van der Waals surface area contributed by atoms with Crippen molar-refractivity contribution >= 4 is 0 Å². The van der Waals surface area contributed by atoms with Crippen molar-refractivity contribution < 1.29 is 22.3 Å². The molecule has 2 heterocycles. The van der Waals surface area contributed by atoms with Gasteiger partial charge in [-0.15, -0.1) is 0 Å².